The fourth-order valence-electron chi connectivity index (χ4n) is 2.96. The summed E-state index contributed by atoms with van der Waals surface area (Å²) >= 11 is 0. The van der Waals surface area contributed by atoms with E-state index in [4.69, 9.17) is 0 Å². The van der Waals surface area contributed by atoms with Crippen LogP contribution in [0, 0.1) is 22.7 Å². The van der Waals surface area contributed by atoms with Crippen LogP contribution in [-0.2, 0) is 0 Å². The summed E-state index contributed by atoms with van der Waals surface area (Å²) in [6.07, 6.45) is 9.59. The molecule has 0 amide bonds. The van der Waals surface area contributed by atoms with Crippen LogP contribution in [0.15, 0.2) is 24.3 Å². The molecule has 0 spiro atoms. The Hall–Kier alpha value is -0.520. The summed E-state index contributed by atoms with van der Waals surface area (Å²) in [5.74, 6) is 1.78. The van der Waals surface area contributed by atoms with Gasteiger partial charge in [0.25, 0.3) is 0 Å². The lowest BCUT2D eigenvalue weighted by Crippen LogP contribution is -2.18. The molecule has 3 aliphatic rings. The van der Waals surface area contributed by atoms with Gasteiger partial charge in [0.2, 0.25) is 0 Å². The molecule has 0 bridgehead atoms. The monoisotopic (exact) mass is 132 g/mol. The molecule has 1 saturated carbocycles. The largest absolute Gasteiger partial charge is 0.0833 e. The maximum atomic E-state index is 2.42. The van der Waals surface area contributed by atoms with E-state index in [0.29, 0.717) is 10.8 Å². The van der Waals surface area contributed by atoms with E-state index in [2.05, 4.69) is 38.2 Å². The standard InChI is InChI=1S/C10H12/c1-9-5-3-7-8(4-6-9)10(7,9)2/h3-8H,1-2H3. The summed E-state index contributed by atoms with van der Waals surface area (Å²) in [5.41, 5.74) is 1.02. The van der Waals surface area contributed by atoms with Gasteiger partial charge in [0.05, 0.1) is 0 Å². The second kappa shape index (κ2) is 1.03. The van der Waals surface area contributed by atoms with Gasteiger partial charge in [-0.2, -0.15) is 0 Å². The van der Waals surface area contributed by atoms with Crippen LogP contribution in [0.2, 0.25) is 0 Å². The molecule has 0 heterocycles. The Balaban J connectivity index is 2.26. The molecule has 0 aliphatic heterocycles. The van der Waals surface area contributed by atoms with E-state index in [1.54, 1.807) is 0 Å². The van der Waals surface area contributed by atoms with Crippen molar-refractivity contribution in [3.8, 4) is 0 Å². The van der Waals surface area contributed by atoms with Crippen LogP contribution < -0.4 is 0 Å². The summed E-state index contributed by atoms with van der Waals surface area (Å²) in [6.45, 7) is 4.77. The Bertz CT molecular complexity index is 237. The molecule has 3 rings (SSSR count). The minimum absolute atomic E-state index is 0.419. The molecule has 0 aromatic rings. The van der Waals surface area contributed by atoms with E-state index in [1.165, 1.54) is 0 Å². The second-order valence-corrected chi connectivity index (χ2v) is 4.34. The molecule has 3 aliphatic carbocycles. The first-order chi connectivity index (χ1) is 4.68. The van der Waals surface area contributed by atoms with Crippen LogP contribution in [-0.4, -0.2) is 0 Å². The number of allylic oxidation sites excluding steroid dienone is 4. The van der Waals surface area contributed by atoms with Gasteiger partial charge in [-0.3, -0.25) is 0 Å². The summed E-state index contributed by atoms with van der Waals surface area (Å²) in [7, 11) is 0. The van der Waals surface area contributed by atoms with Crippen LogP contribution in [0.4, 0.5) is 0 Å². The molecule has 0 nitrogen and oxygen atoms in total. The van der Waals surface area contributed by atoms with Crippen LogP contribution >= 0.6 is 0 Å². The van der Waals surface area contributed by atoms with Gasteiger partial charge < -0.3 is 0 Å². The number of fused-ring (bicyclic) bond motifs is 1. The van der Waals surface area contributed by atoms with Crippen molar-refractivity contribution in [2.24, 2.45) is 22.7 Å². The Morgan fingerprint density at radius 2 is 1.50 bits per heavy atom. The average Bonchev–Trinajstić information content (AvgIpc) is 2.36. The first-order valence-corrected chi connectivity index (χ1v) is 4.07. The molecule has 0 saturated heterocycles. The van der Waals surface area contributed by atoms with E-state index in [1.807, 2.05) is 0 Å². The van der Waals surface area contributed by atoms with Crippen molar-refractivity contribution < 1.29 is 0 Å². The van der Waals surface area contributed by atoms with Gasteiger partial charge in [0.15, 0.2) is 0 Å². The first kappa shape index (κ1) is 5.17. The molecule has 2 atom stereocenters. The molecule has 0 aromatic carbocycles. The molecule has 52 valence electrons. The van der Waals surface area contributed by atoms with Crippen LogP contribution in [0.3, 0.4) is 0 Å². The van der Waals surface area contributed by atoms with Crippen molar-refractivity contribution >= 4 is 0 Å². The van der Waals surface area contributed by atoms with Crippen molar-refractivity contribution in [2.45, 2.75) is 13.8 Å². The molecule has 0 radical (unpaired) electrons. The highest BCUT2D eigenvalue weighted by Crippen LogP contribution is 2.76. The van der Waals surface area contributed by atoms with Gasteiger partial charge in [0.1, 0.15) is 0 Å². The van der Waals surface area contributed by atoms with Crippen LogP contribution in [0.25, 0.3) is 0 Å². The first-order valence-electron chi connectivity index (χ1n) is 4.07. The lowest BCUT2D eigenvalue weighted by atomic mass is 9.79. The predicted octanol–water partition coefficient (Wildman–Crippen LogP) is 2.38. The summed E-state index contributed by atoms with van der Waals surface area (Å²) in [6, 6.07) is 0. The van der Waals surface area contributed by atoms with E-state index >= 15 is 0 Å². The van der Waals surface area contributed by atoms with Crippen molar-refractivity contribution in [2.75, 3.05) is 0 Å². The molecule has 0 heteroatoms. The van der Waals surface area contributed by atoms with Gasteiger partial charge in [0, 0.05) is 5.41 Å². The predicted molar refractivity (Wildman–Crippen MR) is 41.5 cm³/mol. The fraction of sp³-hybridized carbons (Fsp3) is 0.600. The highest BCUT2D eigenvalue weighted by Gasteiger charge is 2.71. The van der Waals surface area contributed by atoms with Gasteiger partial charge in [-0.05, 0) is 17.3 Å². The highest BCUT2D eigenvalue weighted by molar-refractivity contribution is 5.44. The Labute approximate surface area is 61.6 Å². The van der Waals surface area contributed by atoms with Crippen LogP contribution in [0.5, 0.6) is 0 Å². The summed E-state index contributed by atoms with van der Waals surface area (Å²) < 4.78 is 0. The van der Waals surface area contributed by atoms with E-state index < -0.39 is 0 Å². The third kappa shape index (κ3) is 0.264. The Morgan fingerprint density at radius 1 is 1.00 bits per heavy atom. The minimum atomic E-state index is 0.419. The zero-order chi connectivity index (χ0) is 6.98. The molecular weight excluding hydrogens is 120 g/mol. The van der Waals surface area contributed by atoms with E-state index in [-0.39, 0.29) is 0 Å². The topological polar surface area (TPSA) is 0 Å². The van der Waals surface area contributed by atoms with Gasteiger partial charge in [-0.1, -0.05) is 38.2 Å². The molecule has 1 fully saturated rings. The number of hydrogen-bond acceptors (Lipinski definition) is 0. The normalized spacial score (nSPS) is 67.0. The summed E-state index contributed by atoms with van der Waals surface area (Å²) in [5, 5.41) is 0. The van der Waals surface area contributed by atoms with Crippen molar-refractivity contribution in [3.63, 3.8) is 0 Å². The fourth-order valence-corrected chi connectivity index (χ4v) is 2.96. The Morgan fingerprint density at radius 3 is 1.80 bits per heavy atom. The second-order valence-electron chi connectivity index (χ2n) is 4.34. The lowest BCUT2D eigenvalue weighted by molar-refractivity contribution is 0.333. The lowest BCUT2D eigenvalue weighted by Gasteiger charge is -2.24. The smallest absolute Gasteiger partial charge is 0.00983 e. The molecule has 0 aromatic heterocycles. The van der Waals surface area contributed by atoms with Crippen molar-refractivity contribution in [1.82, 2.24) is 0 Å². The van der Waals surface area contributed by atoms with Crippen LogP contribution in [0.1, 0.15) is 13.8 Å². The molecule has 2 unspecified atom stereocenters. The van der Waals surface area contributed by atoms with E-state index in [9.17, 15) is 0 Å². The minimum Gasteiger partial charge on any atom is -0.0833 e. The highest BCUT2D eigenvalue weighted by atomic mass is 14.7. The zero-order valence-electron chi connectivity index (χ0n) is 6.46. The quantitative estimate of drug-likeness (QED) is 0.444. The van der Waals surface area contributed by atoms with Gasteiger partial charge >= 0.3 is 0 Å². The van der Waals surface area contributed by atoms with Crippen molar-refractivity contribution in [1.29, 1.82) is 0 Å². The number of rotatable bonds is 0. The molecular formula is C10H12. The molecule has 0 N–H and O–H groups in total. The SMILES string of the molecule is CC12C=CC3C(C=C1)C32C. The third-order valence-corrected chi connectivity index (χ3v) is 4.12. The van der Waals surface area contributed by atoms with Crippen molar-refractivity contribution in [3.05, 3.63) is 24.3 Å². The zero-order valence-corrected chi connectivity index (χ0v) is 6.46. The summed E-state index contributed by atoms with van der Waals surface area (Å²) in [4.78, 5) is 0. The van der Waals surface area contributed by atoms with Gasteiger partial charge in [-0.15, -0.1) is 0 Å². The maximum absolute atomic E-state index is 2.42. The van der Waals surface area contributed by atoms with Gasteiger partial charge in [-0.25, -0.2) is 0 Å². The average molecular weight is 132 g/mol. The van der Waals surface area contributed by atoms with E-state index in [0.717, 1.165) is 11.8 Å². The third-order valence-electron chi connectivity index (χ3n) is 4.12. The molecule has 10 heavy (non-hydrogen) atoms. The number of hydrogen-bond donors (Lipinski definition) is 0. The maximum Gasteiger partial charge on any atom is 0.00983 e. The Kier molecular flexibility index (Phi) is 0.532.